The molecule has 0 amide bonds. The summed E-state index contributed by atoms with van der Waals surface area (Å²) in [7, 11) is 0. The van der Waals surface area contributed by atoms with Gasteiger partial charge in [-0.3, -0.25) is 4.79 Å². The van der Waals surface area contributed by atoms with Crippen LogP contribution in [-0.4, -0.2) is 41.1 Å². The lowest BCUT2D eigenvalue weighted by Gasteiger charge is -2.34. The molecule has 3 rings (SSSR count). The number of carboxylic acids is 1. The molecule has 9 heteroatoms. The minimum Gasteiger partial charge on any atom is -0.491 e. The lowest BCUT2D eigenvalue weighted by molar-refractivity contribution is -0.344. The Morgan fingerprint density at radius 2 is 2.03 bits per heavy atom. The van der Waals surface area contributed by atoms with E-state index in [1.165, 1.54) is 12.1 Å². The summed E-state index contributed by atoms with van der Waals surface area (Å²) in [5.74, 6) is -0.235. The summed E-state index contributed by atoms with van der Waals surface area (Å²) in [6.45, 7) is 1.93. The molecule has 2 aliphatic rings. The highest BCUT2D eigenvalue weighted by molar-refractivity contribution is 5.66. The van der Waals surface area contributed by atoms with Gasteiger partial charge in [-0.25, -0.2) is 9.78 Å². The number of aliphatic hydroxyl groups is 1. The van der Waals surface area contributed by atoms with E-state index in [-0.39, 0.29) is 48.7 Å². The molecule has 2 fully saturated rings. The minimum atomic E-state index is -4.45. The molecule has 0 aromatic heterocycles. The molecule has 6 atom stereocenters. The third kappa shape index (κ3) is 7.19. The fourth-order valence-electron chi connectivity index (χ4n) is 4.89. The summed E-state index contributed by atoms with van der Waals surface area (Å²) in [4.78, 5) is 21.4. The van der Waals surface area contributed by atoms with Gasteiger partial charge in [0.2, 0.25) is 0 Å². The van der Waals surface area contributed by atoms with Crippen molar-refractivity contribution in [3.63, 3.8) is 0 Å². The number of benzene rings is 1. The topological polar surface area (TPSA) is 85.2 Å². The second kappa shape index (κ2) is 11.4. The Morgan fingerprint density at radius 3 is 2.76 bits per heavy atom. The average Bonchev–Trinajstić information content (AvgIpc) is 3.36. The predicted molar refractivity (Wildman–Crippen MR) is 113 cm³/mol. The zero-order chi connectivity index (χ0) is 24.0. The summed E-state index contributed by atoms with van der Waals surface area (Å²) in [6, 6.07) is 4.62. The first kappa shape index (κ1) is 25.5. The Labute approximate surface area is 191 Å². The van der Waals surface area contributed by atoms with Crippen molar-refractivity contribution in [1.82, 2.24) is 0 Å². The number of alkyl halides is 3. The van der Waals surface area contributed by atoms with E-state index < -0.39 is 23.8 Å². The Morgan fingerprint density at radius 1 is 1.27 bits per heavy atom. The van der Waals surface area contributed by atoms with Gasteiger partial charge in [-0.15, -0.1) is 0 Å². The van der Waals surface area contributed by atoms with Gasteiger partial charge in [0.1, 0.15) is 12.4 Å². The molecule has 1 aliphatic carbocycles. The molecule has 0 spiro atoms. The van der Waals surface area contributed by atoms with E-state index in [9.17, 15) is 23.1 Å². The number of ether oxygens (including phenoxy) is 1. The van der Waals surface area contributed by atoms with Crippen LogP contribution in [0.2, 0.25) is 0 Å². The van der Waals surface area contributed by atoms with Gasteiger partial charge in [0, 0.05) is 12.8 Å². The molecular weight excluding hydrogens is 441 g/mol. The summed E-state index contributed by atoms with van der Waals surface area (Å²) in [6.07, 6.45) is 2.17. The molecule has 1 aromatic rings. The molecule has 6 nitrogen and oxygen atoms in total. The smallest absolute Gasteiger partial charge is 0.416 e. The Hall–Kier alpha value is -2.10. The van der Waals surface area contributed by atoms with Gasteiger partial charge in [-0.1, -0.05) is 25.1 Å². The molecule has 1 saturated carbocycles. The van der Waals surface area contributed by atoms with Gasteiger partial charge in [0.25, 0.3) is 0 Å². The number of aliphatic hydroxyl groups excluding tert-OH is 1. The zero-order valence-electron chi connectivity index (χ0n) is 18.5. The summed E-state index contributed by atoms with van der Waals surface area (Å²) in [5.41, 5.74) is -0.791. The van der Waals surface area contributed by atoms with Crippen LogP contribution >= 0.6 is 0 Å². The number of aliphatic carboxylic acids is 1. The summed E-state index contributed by atoms with van der Waals surface area (Å²) in [5, 5.41) is 19.2. The van der Waals surface area contributed by atoms with Crippen LogP contribution in [-0.2, 0) is 20.7 Å². The van der Waals surface area contributed by atoms with Crippen molar-refractivity contribution < 1.29 is 42.7 Å². The second-order valence-corrected chi connectivity index (χ2v) is 8.94. The van der Waals surface area contributed by atoms with Crippen LogP contribution < -0.4 is 4.74 Å². The second-order valence-electron chi connectivity index (χ2n) is 8.94. The molecule has 1 unspecified atom stereocenters. The molecule has 1 aliphatic heterocycles. The number of hydrogen-bond donors (Lipinski definition) is 2. The number of halogens is 3. The Balaban J connectivity index is 1.49. The Kier molecular flexibility index (Phi) is 8.78. The van der Waals surface area contributed by atoms with Crippen LogP contribution in [0, 0.1) is 17.8 Å². The van der Waals surface area contributed by atoms with Gasteiger partial charge in [0.15, 0.2) is 0 Å². The van der Waals surface area contributed by atoms with Gasteiger partial charge < -0.3 is 14.9 Å². The van der Waals surface area contributed by atoms with Crippen molar-refractivity contribution in [2.45, 2.75) is 69.9 Å². The van der Waals surface area contributed by atoms with Crippen molar-refractivity contribution in [3.8, 4) is 5.75 Å². The number of allylic oxidation sites excluding steroid dienone is 2. The first-order valence-electron chi connectivity index (χ1n) is 11.3. The third-order valence-corrected chi connectivity index (χ3v) is 6.41. The molecule has 2 N–H and O–H groups in total. The van der Waals surface area contributed by atoms with Gasteiger partial charge >= 0.3 is 12.1 Å². The van der Waals surface area contributed by atoms with E-state index in [1.807, 2.05) is 13.0 Å². The maximum Gasteiger partial charge on any atom is 0.416 e. The highest BCUT2D eigenvalue weighted by Gasteiger charge is 2.52. The molecule has 33 heavy (non-hydrogen) atoms. The van der Waals surface area contributed by atoms with Crippen LogP contribution in [0.25, 0.3) is 0 Å². The van der Waals surface area contributed by atoms with Gasteiger partial charge in [-0.2, -0.15) is 13.2 Å². The molecule has 1 heterocycles. The fourth-order valence-corrected chi connectivity index (χ4v) is 4.89. The average molecular weight is 473 g/mol. The summed E-state index contributed by atoms with van der Waals surface area (Å²) < 4.78 is 44.0. The SMILES string of the molecule is CC(C[C@@H](O)COc1cccc(C(F)(F)F)c1)[C@@H]1[C@@H](C/C=C\CCCC(=O)O)[C@@H]2C[C@H]1OO2. The number of carboxylic acid groups (broad SMARTS) is 1. The van der Waals surface area contributed by atoms with E-state index >= 15 is 0 Å². The number of fused-ring (bicyclic) bond motifs is 2. The Bertz CT molecular complexity index is 812. The first-order chi connectivity index (χ1) is 15.6. The lowest BCUT2D eigenvalue weighted by Crippen LogP contribution is -2.36. The largest absolute Gasteiger partial charge is 0.491 e. The highest BCUT2D eigenvalue weighted by atomic mass is 19.4. The lowest BCUT2D eigenvalue weighted by atomic mass is 9.78. The predicted octanol–water partition coefficient (Wildman–Crippen LogP) is 5.01. The number of hydrogen-bond acceptors (Lipinski definition) is 5. The maximum absolute atomic E-state index is 12.8. The number of carbonyl (C=O) groups is 1. The molecular formula is C24H31F3O6. The normalized spacial score (nSPS) is 26.6. The standard InChI is InChI=1S/C24H31F3O6/c1-15(11-17(28)14-31-18-8-6-7-16(12-18)24(25,26)27)23-19(20-13-21(23)33-32-20)9-4-2-3-5-10-22(29)30/h2,4,6-8,12,15,17,19-21,23,28H,3,5,9-11,13-14H2,1H3,(H,29,30)/b4-2-/t15?,17-,19+,20+,21-,23-/m1/s1. The molecule has 1 saturated heterocycles. The highest BCUT2D eigenvalue weighted by Crippen LogP contribution is 2.48. The van der Waals surface area contributed by atoms with E-state index in [0.717, 1.165) is 25.0 Å². The van der Waals surface area contributed by atoms with Crippen LogP contribution in [0.3, 0.4) is 0 Å². The maximum atomic E-state index is 12.8. The quantitative estimate of drug-likeness (QED) is 0.253. The monoisotopic (exact) mass is 472 g/mol. The van der Waals surface area contributed by atoms with E-state index in [2.05, 4.69) is 6.08 Å². The molecule has 2 bridgehead atoms. The van der Waals surface area contributed by atoms with Crippen LogP contribution in [0.1, 0.15) is 51.0 Å². The fraction of sp³-hybridized carbons (Fsp3) is 0.625. The minimum absolute atomic E-state index is 0.00961. The van der Waals surface area contributed by atoms with E-state index in [1.54, 1.807) is 0 Å². The van der Waals surface area contributed by atoms with Crippen LogP contribution in [0.4, 0.5) is 13.2 Å². The van der Waals surface area contributed by atoms with Crippen LogP contribution in [0.15, 0.2) is 36.4 Å². The molecule has 1 aromatic carbocycles. The number of rotatable bonds is 12. The zero-order valence-corrected chi connectivity index (χ0v) is 18.5. The van der Waals surface area contributed by atoms with Crippen molar-refractivity contribution in [2.24, 2.45) is 17.8 Å². The van der Waals surface area contributed by atoms with Crippen molar-refractivity contribution >= 4 is 5.97 Å². The van der Waals surface area contributed by atoms with Crippen molar-refractivity contribution in [3.05, 3.63) is 42.0 Å². The molecule has 0 radical (unpaired) electrons. The first-order valence-corrected chi connectivity index (χ1v) is 11.3. The van der Waals surface area contributed by atoms with Crippen molar-refractivity contribution in [1.29, 1.82) is 0 Å². The number of unbranched alkanes of at least 4 members (excludes halogenated alkanes) is 1. The summed E-state index contributed by atoms with van der Waals surface area (Å²) >= 11 is 0. The van der Waals surface area contributed by atoms with E-state index in [0.29, 0.717) is 19.3 Å². The van der Waals surface area contributed by atoms with Crippen LogP contribution in [0.5, 0.6) is 5.75 Å². The van der Waals surface area contributed by atoms with E-state index in [4.69, 9.17) is 19.6 Å². The van der Waals surface area contributed by atoms with Crippen molar-refractivity contribution in [2.75, 3.05) is 6.61 Å². The molecule has 184 valence electrons. The third-order valence-electron chi connectivity index (χ3n) is 6.41. The van der Waals surface area contributed by atoms with Gasteiger partial charge in [-0.05, 0) is 61.6 Å². The van der Waals surface area contributed by atoms with Gasteiger partial charge in [0.05, 0.1) is 23.9 Å².